The zero-order valence-electron chi connectivity index (χ0n) is 19.5. The highest BCUT2D eigenvalue weighted by molar-refractivity contribution is 9.10. The summed E-state index contributed by atoms with van der Waals surface area (Å²) in [5.74, 6) is -2.69. The number of aliphatic hydroxyl groups is 2. The molecule has 5 N–H and O–H groups in total. The number of nitrogen functional groups attached to an aromatic ring is 1. The molecule has 1 saturated heterocycles. The normalized spacial score (nSPS) is 14.9. The van der Waals surface area contributed by atoms with E-state index in [9.17, 15) is 24.2 Å². The van der Waals surface area contributed by atoms with Crippen LogP contribution in [-0.2, 0) is 0 Å². The molecule has 0 aliphatic carbocycles. The van der Waals surface area contributed by atoms with Gasteiger partial charge in [0.2, 0.25) is 0 Å². The Morgan fingerprint density at radius 2 is 1.92 bits per heavy atom. The van der Waals surface area contributed by atoms with Gasteiger partial charge in [0.25, 0.3) is 11.8 Å². The molecule has 9 nitrogen and oxygen atoms in total. The summed E-state index contributed by atoms with van der Waals surface area (Å²) in [5.41, 5.74) is 6.23. The number of carbonyl (C=O) groups excluding carboxylic acids is 2. The van der Waals surface area contributed by atoms with Crippen LogP contribution in [0.4, 0.5) is 14.6 Å². The van der Waals surface area contributed by atoms with E-state index in [1.807, 2.05) is 0 Å². The second kappa shape index (κ2) is 11.3. The number of piperidine rings is 1. The molecule has 1 atom stereocenters. The van der Waals surface area contributed by atoms with Crippen molar-refractivity contribution in [2.24, 2.45) is 0 Å². The highest BCUT2D eigenvalue weighted by Gasteiger charge is 2.25. The maximum atomic E-state index is 15.0. The lowest BCUT2D eigenvalue weighted by atomic mass is 10.0. The van der Waals surface area contributed by atoms with E-state index >= 15 is 4.39 Å². The summed E-state index contributed by atoms with van der Waals surface area (Å²) in [7, 11) is 0. The number of hydrogen-bond acceptors (Lipinski definition) is 7. The Hall–Kier alpha value is -3.48. The first-order chi connectivity index (χ1) is 17.7. The van der Waals surface area contributed by atoms with Crippen LogP contribution in [0.1, 0.15) is 45.3 Å². The zero-order valence-corrected chi connectivity index (χ0v) is 21.1. The SMILES string of the molecule is Nc1ncc(C(=O)N2CCC(O)CC2)nc1-c1ccc(C(=O)N[C@H](CO)c2cc(F)cc(Br)c2)c(F)c1. The van der Waals surface area contributed by atoms with E-state index in [2.05, 4.69) is 31.2 Å². The smallest absolute Gasteiger partial charge is 0.274 e. The first-order valence-corrected chi connectivity index (χ1v) is 12.2. The molecule has 3 aromatic rings. The first-order valence-electron chi connectivity index (χ1n) is 11.4. The molecule has 1 aliphatic heterocycles. The number of nitrogens with two attached hydrogens (primary N) is 1. The first kappa shape index (κ1) is 26.6. The topological polar surface area (TPSA) is 142 Å². The van der Waals surface area contributed by atoms with E-state index in [0.717, 1.165) is 12.1 Å². The van der Waals surface area contributed by atoms with Gasteiger partial charge in [0.15, 0.2) is 0 Å². The largest absolute Gasteiger partial charge is 0.394 e. The maximum Gasteiger partial charge on any atom is 0.274 e. The van der Waals surface area contributed by atoms with Gasteiger partial charge >= 0.3 is 0 Å². The monoisotopic (exact) mass is 575 g/mol. The third-order valence-corrected chi connectivity index (χ3v) is 6.49. The number of nitrogens with zero attached hydrogens (tertiary/aromatic N) is 3. The lowest BCUT2D eigenvalue weighted by molar-refractivity contribution is 0.0541. The third kappa shape index (κ3) is 6.09. The fourth-order valence-electron chi connectivity index (χ4n) is 4.04. The molecule has 0 saturated carbocycles. The molecule has 4 rings (SSSR count). The molecular weight excluding hydrogens is 552 g/mol. The third-order valence-electron chi connectivity index (χ3n) is 6.03. The van der Waals surface area contributed by atoms with E-state index in [1.165, 1.54) is 30.5 Å². The minimum Gasteiger partial charge on any atom is -0.394 e. The molecule has 0 unspecified atom stereocenters. The predicted octanol–water partition coefficient (Wildman–Crippen LogP) is 2.83. The molecule has 1 fully saturated rings. The van der Waals surface area contributed by atoms with Crippen molar-refractivity contribution in [2.75, 3.05) is 25.4 Å². The van der Waals surface area contributed by atoms with E-state index < -0.39 is 36.3 Å². The van der Waals surface area contributed by atoms with Crippen LogP contribution in [-0.4, -0.2) is 62.7 Å². The number of rotatable bonds is 6. The van der Waals surface area contributed by atoms with Gasteiger partial charge in [0, 0.05) is 23.1 Å². The summed E-state index contributed by atoms with van der Waals surface area (Å²) >= 11 is 3.16. The lowest BCUT2D eigenvalue weighted by Crippen LogP contribution is -2.40. The van der Waals surface area contributed by atoms with Crippen molar-refractivity contribution in [3.8, 4) is 11.3 Å². The number of halogens is 3. The number of aliphatic hydroxyl groups excluding tert-OH is 2. The van der Waals surface area contributed by atoms with Crippen molar-refractivity contribution in [3.05, 3.63) is 75.5 Å². The van der Waals surface area contributed by atoms with Gasteiger partial charge in [0.05, 0.1) is 30.5 Å². The van der Waals surface area contributed by atoms with Gasteiger partial charge in [-0.1, -0.05) is 22.0 Å². The number of hydrogen-bond donors (Lipinski definition) is 4. The van der Waals surface area contributed by atoms with Gasteiger partial charge in [0.1, 0.15) is 28.8 Å². The van der Waals surface area contributed by atoms with Crippen molar-refractivity contribution in [1.29, 1.82) is 0 Å². The molecule has 0 bridgehead atoms. The van der Waals surface area contributed by atoms with E-state index in [0.29, 0.717) is 36.0 Å². The molecule has 2 heterocycles. The van der Waals surface area contributed by atoms with Crippen LogP contribution >= 0.6 is 15.9 Å². The standard InChI is InChI=1S/C25H24BrF2N5O4/c26-15-7-14(8-16(27)10-15)21(12-34)32-24(36)18-2-1-13(9-19(18)28)22-23(29)30-11-20(31-22)25(37)33-5-3-17(35)4-6-33/h1-2,7-11,17,21,34-35H,3-6,12H2,(H2,29,30)(H,32,36)/t21-/m1/s1. The van der Waals surface area contributed by atoms with Gasteiger partial charge in [-0.25, -0.2) is 18.7 Å². The average Bonchev–Trinajstić information content (AvgIpc) is 2.86. The molecule has 194 valence electrons. The van der Waals surface area contributed by atoms with Crippen molar-refractivity contribution in [3.63, 3.8) is 0 Å². The summed E-state index contributed by atoms with van der Waals surface area (Å²) in [4.78, 5) is 35.4. The van der Waals surface area contributed by atoms with Crippen LogP contribution in [0.5, 0.6) is 0 Å². The highest BCUT2D eigenvalue weighted by Crippen LogP contribution is 2.26. The summed E-state index contributed by atoms with van der Waals surface area (Å²) < 4.78 is 29.2. The van der Waals surface area contributed by atoms with Gasteiger partial charge in [-0.2, -0.15) is 0 Å². The molecule has 0 radical (unpaired) electrons. The molecule has 12 heteroatoms. The van der Waals surface area contributed by atoms with Crippen LogP contribution in [0.3, 0.4) is 0 Å². The Kier molecular flexibility index (Phi) is 8.10. The Balaban J connectivity index is 1.55. The Labute approximate surface area is 219 Å². The summed E-state index contributed by atoms with van der Waals surface area (Å²) in [5, 5.41) is 21.9. The van der Waals surface area contributed by atoms with Crippen LogP contribution in [0, 0.1) is 11.6 Å². The molecule has 37 heavy (non-hydrogen) atoms. The number of amides is 2. The number of benzene rings is 2. The average molecular weight is 576 g/mol. The van der Waals surface area contributed by atoms with Crippen LogP contribution in [0.25, 0.3) is 11.3 Å². The van der Waals surface area contributed by atoms with Gasteiger partial charge in [-0.05, 0) is 48.7 Å². The second-order valence-corrected chi connectivity index (χ2v) is 9.53. The number of nitrogens with one attached hydrogen (secondary N) is 1. The highest BCUT2D eigenvalue weighted by atomic mass is 79.9. The number of carbonyl (C=O) groups is 2. The zero-order chi connectivity index (χ0) is 26.7. The van der Waals surface area contributed by atoms with Crippen molar-refractivity contribution in [1.82, 2.24) is 20.2 Å². The van der Waals surface area contributed by atoms with E-state index in [4.69, 9.17) is 5.73 Å². The molecule has 2 amide bonds. The minimum atomic E-state index is -0.973. The lowest BCUT2D eigenvalue weighted by Gasteiger charge is -2.29. The summed E-state index contributed by atoms with van der Waals surface area (Å²) in [6, 6.07) is 6.63. The van der Waals surface area contributed by atoms with E-state index in [-0.39, 0.29) is 34.2 Å². The van der Waals surface area contributed by atoms with Gasteiger partial charge < -0.3 is 26.2 Å². The molecule has 2 aromatic carbocycles. The maximum absolute atomic E-state index is 15.0. The second-order valence-electron chi connectivity index (χ2n) is 8.62. The number of likely N-dealkylation sites (tertiary alicyclic amines) is 1. The Morgan fingerprint density at radius 3 is 2.57 bits per heavy atom. The Bertz CT molecular complexity index is 1310. The minimum absolute atomic E-state index is 0.0230. The van der Waals surface area contributed by atoms with Crippen molar-refractivity contribution in [2.45, 2.75) is 25.0 Å². The number of anilines is 1. The van der Waals surface area contributed by atoms with Crippen molar-refractivity contribution < 1.29 is 28.6 Å². The quantitative estimate of drug-likeness (QED) is 0.354. The summed E-state index contributed by atoms with van der Waals surface area (Å²) in [6.07, 6.45) is 1.72. The van der Waals surface area contributed by atoms with Crippen LogP contribution in [0.15, 0.2) is 47.1 Å². The fraction of sp³-hybridized carbons (Fsp3) is 0.280. The Morgan fingerprint density at radius 1 is 1.19 bits per heavy atom. The number of aromatic nitrogens is 2. The predicted molar refractivity (Wildman–Crippen MR) is 134 cm³/mol. The van der Waals surface area contributed by atoms with Gasteiger partial charge in [-0.15, -0.1) is 0 Å². The fourth-order valence-corrected chi connectivity index (χ4v) is 4.52. The molecular formula is C25H24BrF2N5O4. The van der Waals surface area contributed by atoms with Crippen LogP contribution < -0.4 is 11.1 Å². The van der Waals surface area contributed by atoms with E-state index in [1.54, 1.807) is 4.90 Å². The molecule has 0 spiro atoms. The van der Waals surface area contributed by atoms with Crippen molar-refractivity contribution >= 4 is 33.6 Å². The van der Waals surface area contributed by atoms with Crippen LogP contribution in [0.2, 0.25) is 0 Å². The molecule has 1 aromatic heterocycles. The van der Waals surface area contributed by atoms with Gasteiger partial charge in [-0.3, -0.25) is 9.59 Å². The molecule has 1 aliphatic rings. The summed E-state index contributed by atoms with van der Waals surface area (Å²) in [6.45, 7) is 0.215.